The zero-order chi connectivity index (χ0) is 13.4. The molecule has 0 bridgehead atoms. The third-order valence-electron chi connectivity index (χ3n) is 4.96. The van der Waals surface area contributed by atoms with Gasteiger partial charge >= 0.3 is 0 Å². The van der Waals surface area contributed by atoms with Crippen LogP contribution in [0.2, 0.25) is 0 Å². The van der Waals surface area contributed by atoms with E-state index in [4.69, 9.17) is 0 Å². The van der Waals surface area contributed by atoms with Gasteiger partial charge in [0.1, 0.15) is 0 Å². The molecule has 1 saturated heterocycles. The first-order valence-electron chi connectivity index (χ1n) is 7.83. The summed E-state index contributed by atoms with van der Waals surface area (Å²) < 4.78 is 0. The van der Waals surface area contributed by atoms with Gasteiger partial charge in [-0.3, -0.25) is 0 Å². The molecule has 2 unspecified atom stereocenters. The Morgan fingerprint density at radius 1 is 0.900 bits per heavy atom. The molecule has 1 nitrogen and oxygen atoms in total. The summed E-state index contributed by atoms with van der Waals surface area (Å²) in [5.74, 6) is 0.748. The van der Waals surface area contributed by atoms with Crippen LogP contribution in [0.25, 0.3) is 11.1 Å². The molecule has 2 aromatic carbocycles. The first-order valence-corrected chi connectivity index (χ1v) is 7.83. The lowest BCUT2D eigenvalue weighted by molar-refractivity contribution is 0.319. The topological polar surface area (TPSA) is 12.0 Å². The van der Waals surface area contributed by atoms with E-state index in [0.29, 0.717) is 0 Å². The fourth-order valence-electron chi connectivity index (χ4n) is 3.93. The summed E-state index contributed by atoms with van der Waals surface area (Å²) in [6.45, 7) is 1.21. The molecule has 4 rings (SSSR count). The van der Waals surface area contributed by atoms with Crippen LogP contribution in [0.5, 0.6) is 0 Å². The van der Waals surface area contributed by atoms with E-state index in [1.165, 1.54) is 43.4 Å². The van der Waals surface area contributed by atoms with Crippen molar-refractivity contribution < 1.29 is 0 Å². The van der Waals surface area contributed by atoms with Gasteiger partial charge in [0.15, 0.2) is 0 Å². The van der Waals surface area contributed by atoms with Crippen LogP contribution in [0.1, 0.15) is 36.3 Å². The number of fused-ring (bicyclic) bond motifs is 3. The largest absolute Gasteiger partial charge is 0.313 e. The molecule has 1 aliphatic carbocycles. The van der Waals surface area contributed by atoms with Gasteiger partial charge in [-0.15, -0.1) is 0 Å². The van der Waals surface area contributed by atoms with Crippen molar-refractivity contribution in [2.24, 2.45) is 0 Å². The summed E-state index contributed by atoms with van der Waals surface area (Å²) >= 11 is 0. The summed E-state index contributed by atoms with van der Waals surface area (Å²) in [6.07, 6.45) is 5.20. The Hall–Kier alpha value is -1.60. The monoisotopic (exact) mass is 263 g/mol. The lowest BCUT2D eigenvalue weighted by Crippen LogP contribution is -2.42. The molecule has 20 heavy (non-hydrogen) atoms. The van der Waals surface area contributed by atoms with E-state index in [1.807, 2.05) is 0 Å². The predicted molar refractivity (Wildman–Crippen MR) is 84.0 cm³/mol. The van der Waals surface area contributed by atoms with E-state index in [2.05, 4.69) is 53.8 Å². The van der Waals surface area contributed by atoms with E-state index in [-0.39, 0.29) is 0 Å². The first-order chi connectivity index (χ1) is 9.92. The van der Waals surface area contributed by atoms with Crippen LogP contribution in [0, 0.1) is 0 Å². The normalized spacial score (nSPS) is 24.8. The average molecular weight is 263 g/mol. The SMILES string of the molecule is c1ccc(-c2ccc3c(c2)CCC2NCCCC32)cc1. The van der Waals surface area contributed by atoms with Crippen molar-refractivity contribution in [2.45, 2.75) is 37.6 Å². The Kier molecular flexibility index (Phi) is 3.08. The first kappa shape index (κ1) is 12.2. The van der Waals surface area contributed by atoms with Gasteiger partial charge in [0, 0.05) is 6.04 Å². The summed E-state index contributed by atoms with van der Waals surface area (Å²) in [6, 6.07) is 18.6. The molecule has 0 spiro atoms. The molecule has 1 heterocycles. The zero-order valence-corrected chi connectivity index (χ0v) is 11.8. The standard InChI is InChI=1S/C19H21N/c1-2-5-14(6-3-1)15-8-10-17-16(13-15)9-11-19-18(17)7-4-12-20-19/h1-3,5-6,8,10,13,18-20H,4,7,9,11-12H2. The minimum absolute atomic E-state index is 0.721. The number of hydrogen-bond acceptors (Lipinski definition) is 1. The van der Waals surface area contributed by atoms with E-state index < -0.39 is 0 Å². The van der Waals surface area contributed by atoms with E-state index >= 15 is 0 Å². The van der Waals surface area contributed by atoms with Crippen molar-refractivity contribution in [1.82, 2.24) is 5.32 Å². The molecular weight excluding hydrogens is 242 g/mol. The zero-order valence-electron chi connectivity index (χ0n) is 11.8. The van der Waals surface area contributed by atoms with Gasteiger partial charge < -0.3 is 5.32 Å². The Balaban J connectivity index is 1.72. The van der Waals surface area contributed by atoms with Gasteiger partial charge in [0.25, 0.3) is 0 Å². The second kappa shape index (κ2) is 5.06. The number of benzene rings is 2. The van der Waals surface area contributed by atoms with Gasteiger partial charge in [-0.25, -0.2) is 0 Å². The molecule has 1 aliphatic heterocycles. The fourth-order valence-corrected chi connectivity index (χ4v) is 3.93. The van der Waals surface area contributed by atoms with E-state index in [9.17, 15) is 0 Å². The minimum atomic E-state index is 0.721. The summed E-state index contributed by atoms with van der Waals surface area (Å²) in [5, 5.41) is 3.71. The maximum Gasteiger partial charge on any atom is 0.0139 e. The molecule has 1 fully saturated rings. The summed E-state index contributed by atoms with van der Waals surface area (Å²) in [4.78, 5) is 0. The number of nitrogens with one attached hydrogen (secondary N) is 1. The molecule has 0 aromatic heterocycles. The van der Waals surface area contributed by atoms with Crippen molar-refractivity contribution in [3.8, 4) is 11.1 Å². The third-order valence-corrected chi connectivity index (χ3v) is 4.96. The van der Waals surface area contributed by atoms with Crippen LogP contribution in [0.15, 0.2) is 48.5 Å². The number of hydrogen-bond donors (Lipinski definition) is 1. The second-order valence-corrected chi connectivity index (χ2v) is 6.13. The van der Waals surface area contributed by atoms with Crippen LogP contribution >= 0.6 is 0 Å². The van der Waals surface area contributed by atoms with Crippen molar-refractivity contribution in [3.63, 3.8) is 0 Å². The van der Waals surface area contributed by atoms with Gasteiger partial charge in [-0.05, 0) is 60.4 Å². The lowest BCUT2D eigenvalue weighted by Gasteiger charge is -2.38. The quantitative estimate of drug-likeness (QED) is 0.815. The van der Waals surface area contributed by atoms with Gasteiger partial charge in [0.05, 0.1) is 0 Å². The predicted octanol–water partition coefficient (Wildman–Crippen LogP) is 4.14. The van der Waals surface area contributed by atoms with Crippen molar-refractivity contribution >= 4 is 0 Å². The molecular formula is C19H21N. The highest BCUT2D eigenvalue weighted by molar-refractivity contribution is 5.65. The van der Waals surface area contributed by atoms with Gasteiger partial charge in [-0.2, -0.15) is 0 Å². The molecule has 2 aromatic rings. The van der Waals surface area contributed by atoms with Crippen LogP contribution < -0.4 is 5.32 Å². The van der Waals surface area contributed by atoms with Crippen molar-refractivity contribution in [3.05, 3.63) is 59.7 Å². The smallest absolute Gasteiger partial charge is 0.0139 e. The van der Waals surface area contributed by atoms with E-state index in [1.54, 1.807) is 11.1 Å². The van der Waals surface area contributed by atoms with Crippen molar-refractivity contribution in [1.29, 1.82) is 0 Å². The Morgan fingerprint density at radius 2 is 1.80 bits per heavy atom. The Bertz CT molecular complexity index is 602. The Labute approximate surface area is 121 Å². The van der Waals surface area contributed by atoms with E-state index in [0.717, 1.165) is 12.0 Å². The average Bonchev–Trinajstić information content (AvgIpc) is 2.55. The lowest BCUT2D eigenvalue weighted by atomic mass is 9.74. The van der Waals surface area contributed by atoms with Crippen LogP contribution in [0.3, 0.4) is 0 Å². The van der Waals surface area contributed by atoms with Crippen LogP contribution in [-0.2, 0) is 6.42 Å². The third kappa shape index (κ3) is 2.06. The van der Waals surface area contributed by atoms with Crippen molar-refractivity contribution in [2.75, 3.05) is 6.54 Å². The highest BCUT2D eigenvalue weighted by atomic mass is 14.9. The molecule has 0 radical (unpaired) electrons. The highest BCUT2D eigenvalue weighted by Gasteiger charge is 2.31. The van der Waals surface area contributed by atoms with Gasteiger partial charge in [0.2, 0.25) is 0 Å². The Morgan fingerprint density at radius 3 is 2.70 bits per heavy atom. The molecule has 0 saturated carbocycles. The molecule has 0 amide bonds. The maximum absolute atomic E-state index is 3.71. The molecule has 1 heteroatoms. The molecule has 2 aliphatic rings. The molecule has 1 N–H and O–H groups in total. The number of aryl methyl sites for hydroxylation is 1. The number of piperidine rings is 1. The number of rotatable bonds is 1. The maximum atomic E-state index is 3.71. The highest BCUT2D eigenvalue weighted by Crippen LogP contribution is 2.38. The molecule has 2 atom stereocenters. The van der Waals surface area contributed by atoms with Crippen LogP contribution in [0.4, 0.5) is 0 Å². The second-order valence-electron chi connectivity index (χ2n) is 6.13. The fraction of sp³-hybridized carbons (Fsp3) is 0.368. The molecule has 102 valence electrons. The minimum Gasteiger partial charge on any atom is -0.313 e. The summed E-state index contributed by atoms with van der Waals surface area (Å²) in [7, 11) is 0. The van der Waals surface area contributed by atoms with Gasteiger partial charge in [-0.1, -0.05) is 48.5 Å². The summed E-state index contributed by atoms with van der Waals surface area (Å²) in [5.41, 5.74) is 5.88. The van der Waals surface area contributed by atoms with Crippen LogP contribution in [-0.4, -0.2) is 12.6 Å².